The van der Waals surface area contributed by atoms with Gasteiger partial charge in [0.15, 0.2) is 0 Å². The van der Waals surface area contributed by atoms with Crippen molar-refractivity contribution in [2.45, 2.75) is 4.21 Å². The highest BCUT2D eigenvalue weighted by atomic mass is 32.2. The summed E-state index contributed by atoms with van der Waals surface area (Å²) in [6, 6.07) is 12.9. The van der Waals surface area contributed by atoms with Crippen LogP contribution in [-0.2, 0) is 4.79 Å². The molecule has 0 aliphatic rings. The summed E-state index contributed by atoms with van der Waals surface area (Å²) in [5, 5.41) is 13.5. The first kappa shape index (κ1) is 12.7. The quantitative estimate of drug-likeness (QED) is 0.870. The Morgan fingerprint density at radius 3 is 3.00 bits per heavy atom. The topological polar surface area (TPSA) is 52.9 Å². The zero-order chi connectivity index (χ0) is 12.8. The van der Waals surface area contributed by atoms with E-state index in [9.17, 15) is 4.79 Å². The molecular weight excluding hydrogens is 264 g/mol. The van der Waals surface area contributed by atoms with E-state index in [0.717, 1.165) is 4.21 Å². The third kappa shape index (κ3) is 3.62. The summed E-state index contributed by atoms with van der Waals surface area (Å²) >= 11 is 3.12. The van der Waals surface area contributed by atoms with Crippen LogP contribution in [-0.4, -0.2) is 11.7 Å². The van der Waals surface area contributed by atoms with Gasteiger partial charge in [-0.2, -0.15) is 5.26 Å². The molecule has 1 aromatic heterocycles. The van der Waals surface area contributed by atoms with E-state index >= 15 is 0 Å². The van der Waals surface area contributed by atoms with Crippen molar-refractivity contribution in [2.75, 3.05) is 11.1 Å². The van der Waals surface area contributed by atoms with Crippen molar-refractivity contribution in [3.63, 3.8) is 0 Å². The van der Waals surface area contributed by atoms with Gasteiger partial charge in [0.05, 0.1) is 21.6 Å². The molecule has 2 rings (SSSR count). The summed E-state index contributed by atoms with van der Waals surface area (Å²) in [5.41, 5.74) is 1.20. The van der Waals surface area contributed by atoms with Crippen LogP contribution in [0.4, 0.5) is 5.69 Å². The van der Waals surface area contributed by atoms with Gasteiger partial charge in [-0.15, -0.1) is 23.1 Å². The van der Waals surface area contributed by atoms with Crippen molar-refractivity contribution < 1.29 is 4.79 Å². The van der Waals surface area contributed by atoms with E-state index in [0.29, 0.717) is 17.0 Å². The fraction of sp³-hybridized carbons (Fsp3) is 0.0769. The molecule has 1 N–H and O–H groups in total. The predicted octanol–water partition coefficient (Wildman–Crippen LogP) is 3.35. The molecule has 0 spiro atoms. The number of carbonyl (C=O) groups excluding carboxylic acids is 1. The molecule has 0 aliphatic heterocycles. The van der Waals surface area contributed by atoms with E-state index in [1.165, 1.54) is 11.8 Å². The second-order valence-corrected chi connectivity index (χ2v) is 5.68. The Balaban J connectivity index is 1.89. The second-order valence-electron chi connectivity index (χ2n) is 3.46. The van der Waals surface area contributed by atoms with E-state index in [-0.39, 0.29) is 5.91 Å². The number of anilines is 1. The molecule has 0 saturated heterocycles. The van der Waals surface area contributed by atoms with Gasteiger partial charge in [-0.25, -0.2) is 0 Å². The molecule has 3 nitrogen and oxygen atoms in total. The van der Waals surface area contributed by atoms with Gasteiger partial charge in [-0.05, 0) is 29.6 Å². The molecule has 0 unspecified atom stereocenters. The number of thioether (sulfide) groups is 1. The molecule has 18 heavy (non-hydrogen) atoms. The first-order valence-electron chi connectivity index (χ1n) is 5.24. The number of carbonyl (C=O) groups is 1. The molecule has 1 heterocycles. The van der Waals surface area contributed by atoms with Crippen molar-refractivity contribution in [2.24, 2.45) is 0 Å². The molecule has 0 radical (unpaired) electrons. The predicted molar refractivity (Wildman–Crippen MR) is 74.8 cm³/mol. The Morgan fingerprint density at radius 1 is 1.39 bits per heavy atom. The van der Waals surface area contributed by atoms with Gasteiger partial charge >= 0.3 is 0 Å². The normalized spacial score (nSPS) is 9.72. The minimum Gasteiger partial charge on any atom is -0.325 e. The van der Waals surface area contributed by atoms with Crippen molar-refractivity contribution in [1.29, 1.82) is 5.26 Å². The SMILES string of the molecule is N#Cc1cccc(NC(=O)CSc2cccs2)c1. The highest BCUT2D eigenvalue weighted by molar-refractivity contribution is 8.01. The van der Waals surface area contributed by atoms with Crippen LogP contribution >= 0.6 is 23.1 Å². The summed E-state index contributed by atoms with van der Waals surface area (Å²) in [6.45, 7) is 0. The number of nitrogens with zero attached hydrogens (tertiary/aromatic N) is 1. The molecule has 0 atom stereocenters. The maximum absolute atomic E-state index is 11.7. The number of amides is 1. The average Bonchev–Trinajstić information content (AvgIpc) is 2.90. The lowest BCUT2D eigenvalue weighted by Crippen LogP contribution is -2.13. The molecular formula is C13H10N2OS2. The lowest BCUT2D eigenvalue weighted by Gasteiger charge is -2.04. The van der Waals surface area contributed by atoms with Gasteiger partial charge in [0.25, 0.3) is 0 Å². The third-order valence-corrected chi connectivity index (χ3v) is 4.25. The molecule has 90 valence electrons. The fourth-order valence-corrected chi connectivity index (χ4v) is 2.93. The molecule has 0 fully saturated rings. The Kier molecular flexibility index (Phi) is 4.40. The lowest BCUT2D eigenvalue weighted by molar-refractivity contribution is -0.113. The Labute approximate surface area is 113 Å². The van der Waals surface area contributed by atoms with Gasteiger partial charge in [0.2, 0.25) is 5.91 Å². The maximum Gasteiger partial charge on any atom is 0.234 e. The van der Waals surface area contributed by atoms with E-state index in [1.54, 1.807) is 35.6 Å². The minimum absolute atomic E-state index is 0.0662. The second kappa shape index (κ2) is 6.24. The Hall–Kier alpha value is -1.77. The van der Waals surface area contributed by atoms with Crippen LogP contribution in [0.5, 0.6) is 0 Å². The number of nitrogens with one attached hydrogen (secondary N) is 1. The van der Waals surface area contributed by atoms with Crippen LogP contribution in [0.1, 0.15) is 5.56 Å². The molecule has 0 bridgehead atoms. The average molecular weight is 274 g/mol. The van der Waals surface area contributed by atoms with Crippen molar-refractivity contribution in [3.05, 3.63) is 47.3 Å². The number of thiophene rings is 1. The lowest BCUT2D eigenvalue weighted by atomic mass is 10.2. The molecule has 0 aliphatic carbocycles. The van der Waals surface area contributed by atoms with E-state index in [4.69, 9.17) is 5.26 Å². The largest absolute Gasteiger partial charge is 0.325 e. The standard InChI is InChI=1S/C13H10N2OS2/c14-8-10-3-1-4-11(7-10)15-12(16)9-18-13-5-2-6-17-13/h1-7H,9H2,(H,15,16). The Bertz CT molecular complexity index is 573. The van der Waals surface area contributed by atoms with Crippen molar-refractivity contribution in [3.8, 4) is 6.07 Å². The number of rotatable bonds is 4. The first-order chi connectivity index (χ1) is 8.78. The summed E-state index contributed by atoms with van der Waals surface area (Å²) in [6.07, 6.45) is 0. The summed E-state index contributed by atoms with van der Waals surface area (Å²) in [5.74, 6) is 0.306. The first-order valence-corrected chi connectivity index (χ1v) is 7.11. The summed E-state index contributed by atoms with van der Waals surface area (Å²) in [4.78, 5) is 11.7. The molecule has 0 saturated carbocycles. The highest BCUT2D eigenvalue weighted by Gasteiger charge is 2.04. The number of hydrogen-bond donors (Lipinski definition) is 1. The number of benzene rings is 1. The van der Waals surface area contributed by atoms with E-state index < -0.39 is 0 Å². The minimum atomic E-state index is -0.0662. The smallest absolute Gasteiger partial charge is 0.234 e. The van der Waals surface area contributed by atoms with Crippen LogP contribution in [0.3, 0.4) is 0 Å². The van der Waals surface area contributed by atoms with Gasteiger partial charge < -0.3 is 5.32 Å². The monoisotopic (exact) mass is 274 g/mol. The number of hydrogen-bond acceptors (Lipinski definition) is 4. The van der Waals surface area contributed by atoms with Crippen LogP contribution in [0.2, 0.25) is 0 Å². The van der Waals surface area contributed by atoms with Gasteiger partial charge in [0, 0.05) is 5.69 Å². The molecule has 2 aromatic rings. The van der Waals surface area contributed by atoms with Crippen LogP contribution in [0, 0.1) is 11.3 Å². The van der Waals surface area contributed by atoms with Gasteiger partial charge in [-0.1, -0.05) is 12.1 Å². The third-order valence-electron chi connectivity index (χ3n) is 2.12. The number of nitriles is 1. The van der Waals surface area contributed by atoms with E-state index in [2.05, 4.69) is 5.32 Å². The maximum atomic E-state index is 11.7. The highest BCUT2D eigenvalue weighted by Crippen LogP contribution is 2.23. The van der Waals surface area contributed by atoms with Crippen molar-refractivity contribution >= 4 is 34.7 Å². The zero-order valence-corrected chi connectivity index (χ0v) is 11.1. The summed E-state index contributed by atoms with van der Waals surface area (Å²) in [7, 11) is 0. The van der Waals surface area contributed by atoms with E-state index in [1.807, 2.05) is 23.6 Å². The molecule has 1 amide bonds. The summed E-state index contributed by atoms with van der Waals surface area (Å²) < 4.78 is 1.12. The van der Waals surface area contributed by atoms with Gasteiger partial charge in [-0.3, -0.25) is 4.79 Å². The fourth-order valence-electron chi connectivity index (χ4n) is 1.35. The van der Waals surface area contributed by atoms with Crippen LogP contribution in [0.25, 0.3) is 0 Å². The molecule has 1 aromatic carbocycles. The zero-order valence-electron chi connectivity index (χ0n) is 9.42. The van der Waals surface area contributed by atoms with Crippen molar-refractivity contribution in [1.82, 2.24) is 0 Å². The molecule has 5 heteroatoms. The Morgan fingerprint density at radius 2 is 2.28 bits per heavy atom. The van der Waals surface area contributed by atoms with Crippen LogP contribution in [0.15, 0.2) is 46.0 Å². The van der Waals surface area contributed by atoms with Crippen LogP contribution < -0.4 is 5.32 Å². The van der Waals surface area contributed by atoms with Gasteiger partial charge in [0.1, 0.15) is 0 Å².